The van der Waals surface area contributed by atoms with E-state index in [4.69, 9.17) is 4.74 Å². The molecule has 0 amide bonds. The fraction of sp³-hybridized carbons (Fsp3) is 0.250. The summed E-state index contributed by atoms with van der Waals surface area (Å²) in [5.41, 5.74) is 1.72. The molecular formula is C8H11Cl2N3O2. The van der Waals surface area contributed by atoms with Crippen LogP contribution in [0.15, 0.2) is 18.6 Å². The van der Waals surface area contributed by atoms with Crippen molar-refractivity contribution in [3.05, 3.63) is 18.6 Å². The Labute approximate surface area is 99.0 Å². The molecule has 0 unspecified atom stereocenters. The normalized spacial score (nSPS) is 9.13. The van der Waals surface area contributed by atoms with E-state index in [0.717, 1.165) is 11.3 Å². The SMILES string of the molecule is CCOC(=O)n1cc2cncc-2[nH]1.Cl.Cl. The van der Waals surface area contributed by atoms with E-state index < -0.39 is 6.09 Å². The van der Waals surface area contributed by atoms with Gasteiger partial charge < -0.3 is 4.74 Å². The molecule has 0 fully saturated rings. The largest absolute Gasteiger partial charge is 0.448 e. The molecule has 15 heavy (non-hydrogen) atoms. The van der Waals surface area contributed by atoms with Gasteiger partial charge in [-0.3, -0.25) is 10.1 Å². The van der Waals surface area contributed by atoms with Crippen LogP contribution in [0.2, 0.25) is 0 Å². The highest BCUT2D eigenvalue weighted by molar-refractivity contribution is 5.85. The van der Waals surface area contributed by atoms with E-state index in [0.29, 0.717) is 6.61 Å². The monoisotopic (exact) mass is 251 g/mol. The van der Waals surface area contributed by atoms with Crippen LogP contribution in [0.3, 0.4) is 0 Å². The third-order valence-electron chi connectivity index (χ3n) is 1.70. The Bertz CT molecular complexity index is 373. The molecule has 1 N–H and O–H groups in total. The van der Waals surface area contributed by atoms with Gasteiger partial charge in [-0.25, -0.2) is 4.79 Å². The molecule has 2 aliphatic rings. The molecule has 0 atom stereocenters. The molecule has 0 aromatic rings. The number of nitrogens with zero attached hydrogens (tertiary/aromatic N) is 2. The Morgan fingerprint density at radius 3 is 2.87 bits per heavy atom. The van der Waals surface area contributed by atoms with E-state index in [1.807, 2.05) is 0 Å². The number of hydrogen-bond acceptors (Lipinski definition) is 3. The number of nitrogens with one attached hydrogen (secondary N) is 1. The maximum atomic E-state index is 11.2. The smallest absolute Gasteiger partial charge is 0.432 e. The number of aromatic amines is 1. The van der Waals surface area contributed by atoms with Crippen molar-refractivity contribution in [3.63, 3.8) is 0 Å². The van der Waals surface area contributed by atoms with Gasteiger partial charge in [-0.2, -0.15) is 4.68 Å². The van der Waals surface area contributed by atoms with Crippen LogP contribution in [-0.2, 0) is 4.74 Å². The number of hydrogen-bond donors (Lipinski definition) is 1. The molecule has 0 bridgehead atoms. The molecule has 84 valence electrons. The van der Waals surface area contributed by atoms with E-state index in [1.54, 1.807) is 25.5 Å². The minimum atomic E-state index is -0.404. The summed E-state index contributed by atoms with van der Waals surface area (Å²) in [5, 5.41) is 2.84. The van der Waals surface area contributed by atoms with Gasteiger partial charge in [0.1, 0.15) is 0 Å². The summed E-state index contributed by atoms with van der Waals surface area (Å²) in [5.74, 6) is 0. The van der Waals surface area contributed by atoms with Crippen molar-refractivity contribution in [2.24, 2.45) is 0 Å². The summed E-state index contributed by atoms with van der Waals surface area (Å²) < 4.78 is 6.10. The number of ether oxygens (including phenoxy) is 1. The van der Waals surface area contributed by atoms with E-state index in [1.165, 1.54) is 4.68 Å². The lowest BCUT2D eigenvalue weighted by atomic mass is 10.3. The quantitative estimate of drug-likeness (QED) is 0.845. The van der Waals surface area contributed by atoms with Gasteiger partial charge >= 0.3 is 6.09 Å². The first-order valence-corrected chi connectivity index (χ1v) is 3.99. The van der Waals surface area contributed by atoms with Crippen LogP contribution in [0.5, 0.6) is 0 Å². The Morgan fingerprint density at radius 2 is 2.27 bits per heavy atom. The third kappa shape index (κ3) is 2.64. The highest BCUT2D eigenvalue weighted by atomic mass is 35.5. The predicted molar refractivity (Wildman–Crippen MR) is 60.1 cm³/mol. The van der Waals surface area contributed by atoms with E-state index in [-0.39, 0.29) is 24.8 Å². The standard InChI is InChI=1S/C8H9N3O2.2ClH/c1-2-13-8(12)11-5-6-3-9-4-7(6)10-11;;/h3-5,10H,2H2,1H3;2*1H. The predicted octanol–water partition coefficient (Wildman–Crippen LogP) is 2.16. The topological polar surface area (TPSA) is 59.9 Å². The van der Waals surface area contributed by atoms with Crippen molar-refractivity contribution in [1.82, 2.24) is 14.8 Å². The first-order chi connectivity index (χ1) is 6.31. The lowest BCUT2D eigenvalue weighted by molar-refractivity contribution is 0.150. The van der Waals surface area contributed by atoms with Gasteiger partial charge in [0.25, 0.3) is 0 Å². The fourth-order valence-electron chi connectivity index (χ4n) is 1.12. The first-order valence-electron chi connectivity index (χ1n) is 3.99. The van der Waals surface area contributed by atoms with Crippen LogP contribution in [0, 0.1) is 0 Å². The molecule has 2 heterocycles. The van der Waals surface area contributed by atoms with Crippen molar-refractivity contribution < 1.29 is 9.53 Å². The average molecular weight is 252 g/mol. The van der Waals surface area contributed by atoms with Crippen LogP contribution >= 0.6 is 24.8 Å². The van der Waals surface area contributed by atoms with Gasteiger partial charge in [-0.05, 0) is 6.92 Å². The highest BCUT2D eigenvalue weighted by Gasteiger charge is 2.11. The molecule has 0 spiro atoms. The number of H-pyrrole nitrogens is 1. The van der Waals surface area contributed by atoms with Gasteiger partial charge in [0.15, 0.2) is 0 Å². The van der Waals surface area contributed by atoms with Crippen molar-refractivity contribution in [2.45, 2.75) is 6.92 Å². The van der Waals surface area contributed by atoms with Gasteiger partial charge in [0.05, 0.1) is 18.5 Å². The second-order valence-corrected chi connectivity index (χ2v) is 2.59. The van der Waals surface area contributed by atoms with Gasteiger partial charge in [0, 0.05) is 18.0 Å². The lowest BCUT2D eigenvalue weighted by Gasteiger charge is -1.99. The minimum absolute atomic E-state index is 0. The molecule has 5 nitrogen and oxygen atoms in total. The molecule has 0 aromatic carbocycles. The Hall–Kier alpha value is -1.20. The molecular weight excluding hydrogens is 241 g/mol. The van der Waals surface area contributed by atoms with Crippen LogP contribution < -0.4 is 0 Å². The summed E-state index contributed by atoms with van der Waals surface area (Å²) in [4.78, 5) is 15.1. The number of aromatic nitrogens is 3. The molecule has 2 aliphatic heterocycles. The zero-order valence-corrected chi connectivity index (χ0v) is 9.60. The third-order valence-corrected chi connectivity index (χ3v) is 1.70. The van der Waals surface area contributed by atoms with Crippen LogP contribution in [-0.4, -0.2) is 27.5 Å². The number of halogens is 2. The summed E-state index contributed by atoms with van der Waals surface area (Å²) in [7, 11) is 0. The summed E-state index contributed by atoms with van der Waals surface area (Å²) in [6, 6.07) is 0. The van der Waals surface area contributed by atoms with Crippen LogP contribution in [0.25, 0.3) is 11.3 Å². The van der Waals surface area contributed by atoms with Crippen molar-refractivity contribution in [2.75, 3.05) is 6.61 Å². The Balaban J connectivity index is 0.000000980. The maximum absolute atomic E-state index is 11.2. The number of rotatable bonds is 1. The molecule has 0 saturated heterocycles. The number of carbonyl (C=O) groups is 1. The van der Waals surface area contributed by atoms with Crippen LogP contribution in [0.4, 0.5) is 4.79 Å². The molecule has 0 aromatic heterocycles. The fourth-order valence-corrected chi connectivity index (χ4v) is 1.12. The van der Waals surface area contributed by atoms with Gasteiger partial charge in [-0.1, -0.05) is 0 Å². The van der Waals surface area contributed by atoms with Gasteiger partial charge in [0.2, 0.25) is 0 Å². The second-order valence-electron chi connectivity index (χ2n) is 2.59. The van der Waals surface area contributed by atoms with Crippen LogP contribution in [0.1, 0.15) is 6.92 Å². The maximum Gasteiger partial charge on any atom is 0.432 e. The van der Waals surface area contributed by atoms with E-state index in [9.17, 15) is 4.79 Å². The highest BCUT2D eigenvalue weighted by Crippen LogP contribution is 2.17. The van der Waals surface area contributed by atoms with Crippen molar-refractivity contribution >= 4 is 30.9 Å². The minimum Gasteiger partial charge on any atom is -0.448 e. The molecule has 0 aliphatic carbocycles. The van der Waals surface area contributed by atoms with E-state index >= 15 is 0 Å². The average Bonchev–Trinajstić information content (AvgIpc) is 2.61. The van der Waals surface area contributed by atoms with Crippen molar-refractivity contribution in [1.29, 1.82) is 0 Å². The van der Waals surface area contributed by atoms with Crippen molar-refractivity contribution in [3.8, 4) is 11.3 Å². The zero-order chi connectivity index (χ0) is 9.26. The molecule has 2 rings (SSSR count). The zero-order valence-electron chi connectivity index (χ0n) is 7.97. The summed E-state index contributed by atoms with van der Waals surface area (Å²) >= 11 is 0. The summed E-state index contributed by atoms with van der Waals surface area (Å²) in [6.07, 6.45) is 4.59. The molecule has 0 radical (unpaired) electrons. The first kappa shape index (κ1) is 13.8. The second kappa shape index (κ2) is 5.63. The molecule has 0 saturated carbocycles. The Kier molecular flexibility index (Phi) is 5.18. The number of carbonyl (C=O) groups excluding carboxylic acids is 1. The Morgan fingerprint density at radius 1 is 1.53 bits per heavy atom. The molecule has 7 heteroatoms. The summed E-state index contributed by atoms with van der Waals surface area (Å²) in [6.45, 7) is 2.13. The number of fused-ring (bicyclic) bond motifs is 1. The van der Waals surface area contributed by atoms with Gasteiger partial charge in [-0.15, -0.1) is 24.8 Å². The van der Waals surface area contributed by atoms with E-state index in [2.05, 4.69) is 10.1 Å². The lowest BCUT2D eigenvalue weighted by Crippen LogP contribution is -2.13.